The van der Waals surface area contributed by atoms with Gasteiger partial charge in [-0.1, -0.05) is 60.7 Å². The van der Waals surface area contributed by atoms with Crippen LogP contribution in [0.4, 0.5) is 0 Å². The predicted octanol–water partition coefficient (Wildman–Crippen LogP) is 5.50. The molecule has 0 fully saturated rings. The SMILES string of the molecule is c1ccc(-c2ccncc2)cc1.c1ccc(-c2ccncc2)cc1. The quantitative estimate of drug-likeness (QED) is 0.489. The maximum absolute atomic E-state index is 3.97. The highest BCUT2D eigenvalue weighted by Crippen LogP contribution is 2.17. The topological polar surface area (TPSA) is 25.8 Å². The van der Waals surface area contributed by atoms with Crippen LogP contribution in [0.3, 0.4) is 0 Å². The van der Waals surface area contributed by atoms with E-state index in [0.29, 0.717) is 0 Å². The summed E-state index contributed by atoms with van der Waals surface area (Å²) in [7, 11) is 0. The lowest BCUT2D eigenvalue weighted by Gasteiger charge is -1.98. The summed E-state index contributed by atoms with van der Waals surface area (Å²) >= 11 is 0. The lowest BCUT2D eigenvalue weighted by Crippen LogP contribution is -1.76. The molecule has 2 nitrogen and oxygen atoms in total. The van der Waals surface area contributed by atoms with Gasteiger partial charge in [-0.05, 0) is 46.5 Å². The highest BCUT2D eigenvalue weighted by molar-refractivity contribution is 5.62. The zero-order valence-corrected chi connectivity index (χ0v) is 13.3. The predicted molar refractivity (Wildman–Crippen MR) is 99.3 cm³/mol. The number of hydrogen-bond acceptors (Lipinski definition) is 2. The summed E-state index contributed by atoms with van der Waals surface area (Å²) < 4.78 is 0. The van der Waals surface area contributed by atoms with Gasteiger partial charge >= 0.3 is 0 Å². The van der Waals surface area contributed by atoms with E-state index in [2.05, 4.69) is 34.2 Å². The third kappa shape index (κ3) is 4.37. The molecule has 0 spiro atoms. The normalized spacial score (nSPS) is 9.67. The molecule has 0 bridgehead atoms. The van der Waals surface area contributed by atoms with E-state index in [4.69, 9.17) is 0 Å². The molecule has 24 heavy (non-hydrogen) atoms. The standard InChI is InChI=1S/2C11H9N/c2*1-2-4-10(5-3-1)11-6-8-12-9-7-11/h2*1-9H. The van der Waals surface area contributed by atoms with E-state index in [9.17, 15) is 0 Å². The van der Waals surface area contributed by atoms with Crippen LogP contribution in [0, 0.1) is 0 Å². The molecule has 0 saturated carbocycles. The van der Waals surface area contributed by atoms with Gasteiger partial charge in [-0.3, -0.25) is 9.97 Å². The van der Waals surface area contributed by atoms with Crippen LogP contribution >= 0.6 is 0 Å². The van der Waals surface area contributed by atoms with Crippen molar-refractivity contribution >= 4 is 0 Å². The maximum Gasteiger partial charge on any atom is 0.0273 e. The van der Waals surface area contributed by atoms with Crippen LogP contribution in [-0.4, -0.2) is 9.97 Å². The second-order valence-electron chi connectivity index (χ2n) is 5.20. The minimum absolute atomic E-state index is 1.21. The molecule has 0 saturated heterocycles. The molecule has 0 radical (unpaired) electrons. The number of benzene rings is 2. The molecule has 2 aromatic carbocycles. The van der Waals surface area contributed by atoms with Gasteiger partial charge in [0.05, 0.1) is 0 Å². The first-order valence-corrected chi connectivity index (χ1v) is 7.84. The van der Waals surface area contributed by atoms with E-state index in [1.54, 1.807) is 0 Å². The van der Waals surface area contributed by atoms with Crippen molar-refractivity contribution in [3.05, 3.63) is 110 Å². The van der Waals surface area contributed by atoms with E-state index in [1.165, 1.54) is 22.3 Å². The first-order valence-electron chi connectivity index (χ1n) is 7.84. The Labute approximate surface area is 142 Å². The average Bonchev–Trinajstić information content (AvgIpc) is 2.71. The van der Waals surface area contributed by atoms with Crippen molar-refractivity contribution in [2.75, 3.05) is 0 Å². The molecule has 116 valence electrons. The molecule has 4 rings (SSSR count). The van der Waals surface area contributed by atoms with Crippen LogP contribution in [0.25, 0.3) is 22.3 Å². The zero-order valence-electron chi connectivity index (χ0n) is 13.3. The van der Waals surface area contributed by atoms with E-state index < -0.39 is 0 Å². The molecule has 4 aromatic rings. The minimum atomic E-state index is 1.21. The Morgan fingerprint density at radius 2 is 0.625 bits per heavy atom. The van der Waals surface area contributed by atoms with Crippen molar-refractivity contribution in [2.24, 2.45) is 0 Å². The molecule has 2 aromatic heterocycles. The summed E-state index contributed by atoms with van der Waals surface area (Å²) in [5.41, 5.74) is 4.90. The molecule has 2 heterocycles. The largest absolute Gasteiger partial charge is 0.265 e. The van der Waals surface area contributed by atoms with Crippen LogP contribution in [0.5, 0.6) is 0 Å². The third-order valence-electron chi connectivity index (χ3n) is 3.57. The highest BCUT2D eigenvalue weighted by atomic mass is 14.6. The lowest BCUT2D eigenvalue weighted by atomic mass is 10.1. The van der Waals surface area contributed by atoms with Crippen LogP contribution in [-0.2, 0) is 0 Å². The van der Waals surface area contributed by atoms with Gasteiger partial charge in [0, 0.05) is 24.8 Å². The summed E-state index contributed by atoms with van der Waals surface area (Å²) in [6.07, 6.45) is 7.23. The molecule has 2 heteroatoms. The Hall–Kier alpha value is -3.26. The molecule has 0 N–H and O–H groups in total. The Kier molecular flexibility index (Phi) is 5.47. The van der Waals surface area contributed by atoms with Gasteiger partial charge in [0.15, 0.2) is 0 Å². The second-order valence-corrected chi connectivity index (χ2v) is 5.20. The number of rotatable bonds is 2. The Bertz CT molecular complexity index is 680. The first kappa shape index (κ1) is 15.6. The molecule has 0 unspecified atom stereocenters. The van der Waals surface area contributed by atoms with E-state index >= 15 is 0 Å². The van der Waals surface area contributed by atoms with Crippen molar-refractivity contribution in [3.8, 4) is 22.3 Å². The first-order chi connectivity index (χ1) is 11.9. The summed E-state index contributed by atoms with van der Waals surface area (Å²) in [6, 6.07) is 28.6. The smallest absolute Gasteiger partial charge is 0.0273 e. The molecule has 0 aliphatic carbocycles. The van der Waals surface area contributed by atoms with Crippen LogP contribution in [0.15, 0.2) is 110 Å². The minimum Gasteiger partial charge on any atom is -0.265 e. The van der Waals surface area contributed by atoms with Gasteiger partial charge in [0.2, 0.25) is 0 Å². The summed E-state index contributed by atoms with van der Waals surface area (Å²) in [5.74, 6) is 0. The van der Waals surface area contributed by atoms with Crippen molar-refractivity contribution in [1.82, 2.24) is 9.97 Å². The van der Waals surface area contributed by atoms with Gasteiger partial charge in [-0.2, -0.15) is 0 Å². The number of nitrogens with zero attached hydrogens (tertiary/aromatic N) is 2. The van der Waals surface area contributed by atoms with Crippen molar-refractivity contribution < 1.29 is 0 Å². The fourth-order valence-corrected chi connectivity index (χ4v) is 2.35. The molecular formula is C22H18N2. The number of pyridine rings is 2. The molecular weight excluding hydrogens is 292 g/mol. The van der Waals surface area contributed by atoms with E-state index in [1.807, 2.05) is 85.5 Å². The van der Waals surface area contributed by atoms with Crippen molar-refractivity contribution in [1.29, 1.82) is 0 Å². The van der Waals surface area contributed by atoms with Gasteiger partial charge < -0.3 is 0 Å². The fourth-order valence-electron chi connectivity index (χ4n) is 2.35. The highest BCUT2D eigenvalue weighted by Gasteiger charge is 1.93. The molecule has 0 amide bonds. The maximum atomic E-state index is 3.97. The van der Waals surface area contributed by atoms with Gasteiger partial charge in [0.1, 0.15) is 0 Å². The third-order valence-corrected chi connectivity index (χ3v) is 3.57. The Morgan fingerprint density at radius 1 is 0.333 bits per heavy atom. The molecule has 0 aliphatic rings. The molecule has 0 aliphatic heterocycles. The average molecular weight is 310 g/mol. The van der Waals surface area contributed by atoms with Gasteiger partial charge in [-0.15, -0.1) is 0 Å². The van der Waals surface area contributed by atoms with Crippen molar-refractivity contribution in [2.45, 2.75) is 0 Å². The van der Waals surface area contributed by atoms with Crippen LogP contribution in [0.2, 0.25) is 0 Å². The molecule has 0 atom stereocenters. The zero-order chi connectivity index (χ0) is 16.5. The Morgan fingerprint density at radius 3 is 0.958 bits per heavy atom. The summed E-state index contributed by atoms with van der Waals surface area (Å²) in [4.78, 5) is 7.94. The number of aromatic nitrogens is 2. The second kappa shape index (κ2) is 8.39. The Balaban J connectivity index is 0.000000141. The van der Waals surface area contributed by atoms with Gasteiger partial charge in [0.25, 0.3) is 0 Å². The van der Waals surface area contributed by atoms with Crippen LogP contribution in [0.1, 0.15) is 0 Å². The van der Waals surface area contributed by atoms with E-state index in [-0.39, 0.29) is 0 Å². The van der Waals surface area contributed by atoms with E-state index in [0.717, 1.165) is 0 Å². The van der Waals surface area contributed by atoms with Crippen molar-refractivity contribution in [3.63, 3.8) is 0 Å². The summed E-state index contributed by atoms with van der Waals surface area (Å²) in [5, 5.41) is 0. The number of hydrogen-bond donors (Lipinski definition) is 0. The lowest BCUT2D eigenvalue weighted by molar-refractivity contribution is 1.33. The van der Waals surface area contributed by atoms with Crippen LogP contribution < -0.4 is 0 Å². The summed E-state index contributed by atoms with van der Waals surface area (Å²) in [6.45, 7) is 0. The fraction of sp³-hybridized carbons (Fsp3) is 0. The van der Waals surface area contributed by atoms with Gasteiger partial charge in [-0.25, -0.2) is 0 Å². The monoisotopic (exact) mass is 310 g/mol.